The Balaban J connectivity index is 2.06. The molecule has 0 atom stereocenters. The van der Waals surface area contributed by atoms with Crippen LogP contribution in [-0.2, 0) is 0 Å². The molecule has 0 spiro atoms. The van der Waals surface area contributed by atoms with E-state index in [0.29, 0.717) is 0 Å². The van der Waals surface area contributed by atoms with Crippen LogP contribution in [0.4, 0.5) is 10.8 Å². The van der Waals surface area contributed by atoms with Crippen molar-refractivity contribution in [1.82, 2.24) is 10.2 Å². The number of aromatic nitrogens is 2. The molecule has 94 valence electrons. The van der Waals surface area contributed by atoms with Gasteiger partial charge in [0.15, 0.2) is 4.34 Å². The summed E-state index contributed by atoms with van der Waals surface area (Å²) in [6.45, 7) is 7.90. The van der Waals surface area contributed by atoms with E-state index in [0.717, 1.165) is 20.9 Å². The Morgan fingerprint density at radius 3 is 2.89 bits per heavy atom. The van der Waals surface area contributed by atoms with Crippen molar-refractivity contribution in [3.05, 3.63) is 42.0 Å². The lowest BCUT2D eigenvalue weighted by Gasteiger charge is -2.05. The first-order valence-corrected chi connectivity index (χ1v) is 7.40. The van der Waals surface area contributed by atoms with Gasteiger partial charge in [0, 0.05) is 11.4 Å². The molecule has 1 aromatic carbocycles. The van der Waals surface area contributed by atoms with Gasteiger partial charge in [-0.15, -0.1) is 16.8 Å². The SMILES string of the molecule is C=CCSc1nnc(Nc2ccc(C)c(C)c2)s1. The fourth-order valence-corrected chi connectivity index (χ4v) is 2.92. The highest BCUT2D eigenvalue weighted by Gasteiger charge is 2.04. The zero-order chi connectivity index (χ0) is 13.0. The highest BCUT2D eigenvalue weighted by molar-refractivity contribution is 8.01. The van der Waals surface area contributed by atoms with Crippen LogP contribution >= 0.6 is 23.1 Å². The lowest BCUT2D eigenvalue weighted by molar-refractivity contribution is 1.01. The molecule has 2 rings (SSSR count). The topological polar surface area (TPSA) is 37.8 Å². The van der Waals surface area contributed by atoms with Gasteiger partial charge in [0.25, 0.3) is 0 Å². The van der Waals surface area contributed by atoms with Gasteiger partial charge in [-0.2, -0.15) is 0 Å². The minimum Gasteiger partial charge on any atom is -0.330 e. The van der Waals surface area contributed by atoms with Gasteiger partial charge >= 0.3 is 0 Å². The molecule has 0 fully saturated rings. The molecule has 0 aliphatic heterocycles. The van der Waals surface area contributed by atoms with E-state index in [4.69, 9.17) is 0 Å². The van der Waals surface area contributed by atoms with Gasteiger partial charge in [-0.05, 0) is 37.1 Å². The number of benzene rings is 1. The standard InChI is InChI=1S/C13H15N3S2/c1-4-7-17-13-16-15-12(18-13)14-11-6-5-9(2)10(3)8-11/h4-6,8H,1,7H2,2-3H3,(H,14,15). The van der Waals surface area contributed by atoms with E-state index in [1.807, 2.05) is 6.08 Å². The Morgan fingerprint density at radius 1 is 1.33 bits per heavy atom. The minimum atomic E-state index is 0.824. The second-order valence-electron chi connectivity index (χ2n) is 3.90. The normalized spacial score (nSPS) is 10.3. The van der Waals surface area contributed by atoms with Crippen LogP contribution in [0.25, 0.3) is 0 Å². The number of rotatable bonds is 5. The van der Waals surface area contributed by atoms with Crippen molar-refractivity contribution in [3.8, 4) is 0 Å². The fourth-order valence-electron chi connectivity index (χ4n) is 1.39. The number of nitrogens with one attached hydrogen (secondary N) is 1. The van der Waals surface area contributed by atoms with E-state index in [1.165, 1.54) is 11.1 Å². The predicted molar refractivity (Wildman–Crippen MR) is 80.0 cm³/mol. The second kappa shape index (κ2) is 6.02. The fraction of sp³-hybridized carbons (Fsp3) is 0.231. The molecule has 0 unspecified atom stereocenters. The van der Waals surface area contributed by atoms with Gasteiger partial charge < -0.3 is 5.32 Å². The maximum absolute atomic E-state index is 4.12. The molecular weight excluding hydrogens is 262 g/mol. The van der Waals surface area contributed by atoms with Gasteiger partial charge in [-0.25, -0.2) is 0 Å². The van der Waals surface area contributed by atoms with Crippen molar-refractivity contribution in [2.45, 2.75) is 18.2 Å². The van der Waals surface area contributed by atoms with Crippen LogP contribution in [0.2, 0.25) is 0 Å². The number of aryl methyl sites for hydroxylation is 2. The third-order valence-electron chi connectivity index (χ3n) is 2.49. The van der Waals surface area contributed by atoms with Crippen LogP contribution in [-0.4, -0.2) is 16.0 Å². The Hall–Kier alpha value is -1.33. The van der Waals surface area contributed by atoms with Crippen molar-refractivity contribution in [1.29, 1.82) is 0 Å². The average Bonchev–Trinajstić information content (AvgIpc) is 2.79. The molecular formula is C13H15N3S2. The maximum atomic E-state index is 4.12. The Bertz CT molecular complexity index is 549. The molecule has 3 nitrogen and oxygen atoms in total. The van der Waals surface area contributed by atoms with E-state index >= 15 is 0 Å². The number of thioether (sulfide) groups is 1. The summed E-state index contributed by atoms with van der Waals surface area (Å²) in [4.78, 5) is 0. The highest BCUT2D eigenvalue weighted by Crippen LogP contribution is 2.28. The van der Waals surface area contributed by atoms with E-state index < -0.39 is 0 Å². The lowest BCUT2D eigenvalue weighted by Crippen LogP contribution is -1.91. The highest BCUT2D eigenvalue weighted by atomic mass is 32.2. The third-order valence-corrected chi connectivity index (χ3v) is 4.46. The molecule has 1 aromatic heterocycles. The minimum absolute atomic E-state index is 0.824. The first-order valence-electron chi connectivity index (χ1n) is 5.60. The summed E-state index contributed by atoms with van der Waals surface area (Å²) in [7, 11) is 0. The van der Waals surface area contributed by atoms with Crippen molar-refractivity contribution < 1.29 is 0 Å². The summed E-state index contributed by atoms with van der Waals surface area (Å²) < 4.78 is 0.959. The van der Waals surface area contributed by atoms with Gasteiger partial charge in [-0.1, -0.05) is 35.2 Å². The lowest BCUT2D eigenvalue weighted by atomic mass is 10.1. The Labute approximate surface area is 115 Å². The van der Waals surface area contributed by atoms with E-state index in [2.05, 4.69) is 54.1 Å². The molecule has 0 saturated heterocycles. The summed E-state index contributed by atoms with van der Waals surface area (Å²) in [5.41, 5.74) is 3.61. The van der Waals surface area contributed by atoms with Gasteiger partial charge in [0.2, 0.25) is 5.13 Å². The molecule has 0 aliphatic rings. The maximum Gasteiger partial charge on any atom is 0.210 e. The second-order valence-corrected chi connectivity index (χ2v) is 6.14. The number of anilines is 2. The van der Waals surface area contributed by atoms with Crippen LogP contribution in [0.15, 0.2) is 35.2 Å². The average molecular weight is 277 g/mol. The first kappa shape index (κ1) is 13.1. The van der Waals surface area contributed by atoms with Gasteiger partial charge in [0.1, 0.15) is 0 Å². The summed E-state index contributed by atoms with van der Waals surface area (Å²) in [5, 5.41) is 12.3. The monoisotopic (exact) mass is 277 g/mol. The van der Waals surface area contributed by atoms with Crippen LogP contribution < -0.4 is 5.32 Å². The molecule has 1 heterocycles. The van der Waals surface area contributed by atoms with E-state index in [-0.39, 0.29) is 0 Å². The quantitative estimate of drug-likeness (QED) is 0.657. The van der Waals surface area contributed by atoms with Crippen molar-refractivity contribution in [2.75, 3.05) is 11.1 Å². The summed E-state index contributed by atoms with van der Waals surface area (Å²) >= 11 is 3.20. The molecule has 0 saturated carbocycles. The Kier molecular flexibility index (Phi) is 4.38. The van der Waals surface area contributed by atoms with E-state index in [9.17, 15) is 0 Å². The van der Waals surface area contributed by atoms with E-state index in [1.54, 1.807) is 23.1 Å². The number of nitrogens with zero attached hydrogens (tertiary/aromatic N) is 2. The number of hydrogen-bond donors (Lipinski definition) is 1. The van der Waals surface area contributed by atoms with Crippen molar-refractivity contribution in [2.24, 2.45) is 0 Å². The van der Waals surface area contributed by atoms with Gasteiger partial charge in [-0.3, -0.25) is 0 Å². The third kappa shape index (κ3) is 3.34. The molecule has 18 heavy (non-hydrogen) atoms. The zero-order valence-electron chi connectivity index (χ0n) is 10.4. The molecule has 0 aliphatic carbocycles. The van der Waals surface area contributed by atoms with Crippen molar-refractivity contribution in [3.63, 3.8) is 0 Å². The molecule has 2 aromatic rings. The van der Waals surface area contributed by atoms with Crippen LogP contribution in [0.3, 0.4) is 0 Å². The molecule has 0 bridgehead atoms. The molecule has 1 N–H and O–H groups in total. The predicted octanol–water partition coefficient (Wildman–Crippen LogP) is 4.18. The summed E-state index contributed by atoms with van der Waals surface area (Å²) in [6, 6.07) is 6.28. The summed E-state index contributed by atoms with van der Waals surface area (Å²) in [5.74, 6) is 0.859. The Morgan fingerprint density at radius 2 is 2.17 bits per heavy atom. The van der Waals surface area contributed by atoms with Crippen LogP contribution in [0.5, 0.6) is 0 Å². The van der Waals surface area contributed by atoms with Crippen LogP contribution in [0, 0.1) is 13.8 Å². The molecule has 5 heteroatoms. The largest absolute Gasteiger partial charge is 0.330 e. The molecule has 0 amide bonds. The smallest absolute Gasteiger partial charge is 0.210 e. The zero-order valence-corrected chi connectivity index (χ0v) is 12.1. The summed E-state index contributed by atoms with van der Waals surface area (Å²) in [6.07, 6.45) is 1.86. The first-order chi connectivity index (χ1) is 8.69. The van der Waals surface area contributed by atoms with Gasteiger partial charge in [0.05, 0.1) is 0 Å². The van der Waals surface area contributed by atoms with Crippen LogP contribution in [0.1, 0.15) is 11.1 Å². The number of hydrogen-bond acceptors (Lipinski definition) is 5. The molecule has 0 radical (unpaired) electrons. The van der Waals surface area contributed by atoms with Crippen molar-refractivity contribution >= 4 is 33.9 Å².